The molecule has 2 atom stereocenters. The predicted molar refractivity (Wildman–Crippen MR) is 87.9 cm³/mol. The molecule has 0 radical (unpaired) electrons. The van der Waals surface area contributed by atoms with Gasteiger partial charge in [0.05, 0.1) is 29.5 Å². The maximum atomic E-state index is 5.58. The second-order valence-electron chi connectivity index (χ2n) is 6.19. The van der Waals surface area contributed by atoms with E-state index in [0.717, 1.165) is 36.4 Å². The van der Waals surface area contributed by atoms with Gasteiger partial charge in [0.15, 0.2) is 0 Å². The normalized spacial score (nSPS) is 22.2. The second kappa shape index (κ2) is 5.79. The number of methoxy groups -OCH3 is 1. The van der Waals surface area contributed by atoms with E-state index in [-0.39, 0.29) is 12.1 Å². The monoisotopic (exact) mass is 311 g/mol. The Hall–Kier alpha value is -2.18. The summed E-state index contributed by atoms with van der Waals surface area (Å²) in [6.45, 7) is 1.79. The lowest BCUT2D eigenvalue weighted by Crippen LogP contribution is -2.25. The molecule has 0 saturated carbocycles. The third-order valence-electron chi connectivity index (χ3n) is 4.71. The Kier molecular flexibility index (Phi) is 3.63. The van der Waals surface area contributed by atoms with E-state index in [1.165, 1.54) is 5.56 Å². The number of likely N-dealkylation sites (tertiary alicyclic amines) is 1. The van der Waals surface area contributed by atoms with Crippen molar-refractivity contribution in [2.45, 2.75) is 25.1 Å². The summed E-state index contributed by atoms with van der Waals surface area (Å²) in [4.78, 5) is 14.6. The number of fused-ring (bicyclic) bond motifs is 1. The molecule has 6 nitrogen and oxygen atoms in total. The molecule has 3 heterocycles. The van der Waals surface area contributed by atoms with Gasteiger partial charge >= 0.3 is 0 Å². The van der Waals surface area contributed by atoms with E-state index >= 15 is 0 Å². The summed E-state index contributed by atoms with van der Waals surface area (Å²) >= 11 is 0. The van der Waals surface area contributed by atoms with Gasteiger partial charge in [-0.25, -0.2) is 9.97 Å². The minimum Gasteiger partial charge on any atom is -0.380 e. The number of aromatic nitrogens is 4. The van der Waals surface area contributed by atoms with E-state index in [0.29, 0.717) is 0 Å². The van der Waals surface area contributed by atoms with Crippen molar-refractivity contribution in [1.29, 1.82) is 0 Å². The lowest BCUT2D eigenvalue weighted by atomic mass is 10.1. The Labute approximate surface area is 135 Å². The lowest BCUT2D eigenvalue weighted by molar-refractivity contribution is 0.107. The molecule has 1 N–H and O–H groups in total. The standard InChI is InChI=1S/C17H21N5O/c1-21-11-20-14-7-12(3-4-15(14)21)9-22-10-13(23-2)8-16(22)17-18-5-6-19-17/h3-7,11,13,16H,8-10H2,1-2H3,(H,18,19)/t13-,16?/m1/s1. The van der Waals surface area contributed by atoms with Crippen molar-refractivity contribution in [3.8, 4) is 0 Å². The maximum Gasteiger partial charge on any atom is 0.123 e. The van der Waals surface area contributed by atoms with Crippen LogP contribution in [0.15, 0.2) is 36.9 Å². The fourth-order valence-electron chi connectivity index (χ4n) is 3.47. The molecule has 1 aromatic carbocycles. The summed E-state index contributed by atoms with van der Waals surface area (Å²) in [6.07, 6.45) is 6.78. The molecule has 1 aliphatic rings. The number of hydrogen-bond donors (Lipinski definition) is 1. The smallest absolute Gasteiger partial charge is 0.123 e. The molecular weight excluding hydrogens is 290 g/mol. The molecule has 1 aliphatic heterocycles. The van der Waals surface area contributed by atoms with Gasteiger partial charge < -0.3 is 14.3 Å². The first-order valence-electron chi connectivity index (χ1n) is 7.90. The third-order valence-corrected chi connectivity index (χ3v) is 4.71. The number of hydrogen-bond acceptors (Lipinski definition) is 4. The molecule has 4 rings (SSSR count). The molecule has 1 unspecified atom stereocenters. The van der Waals surface area contributed by atoms with Gasteiger partial charge in [-0.1, -0.05) is 6.07 Å². The van der Waals surface area contributed by atoms with Crippen LogP contribution < -0.4 is 0 Å². The third kappa shape index (κ3) is 2.64. The van der Waals surface area contributed by atoms with Gasteiger partial charge in [0.25, 0.3) is 0 Å². The molecule has 2 aromatic heterocycles. The Balaban J connectivity index is 1.59. The van der Waals surface area contributed by atoms with Gasteiger partial charge in [-0.3, -0.25) is 4.90 Å². The zero-order chi connectivity index (χ0) is 15.8. The van der Waals surface area contributed by atoms with E-state index in [2.05, 4.69) is 38.1 Å². The average molecular weight is 311 g/mol. The first-order valence-corrected chi connectivity index (χ1v) is 7.90. The molecule has 23 heavy (non-hydrogen) atoms. The number of imidazole rings is 2. The topological polar surface area (TPSA) is 59.0 Å². The van der Waals surface area contributed by atoms with E-state index in [1.807, 2.05) is 30.3 Å². The van der Waals surface area contributed by atoms with Crippen LogP contribution in [0.3, 0.4) is 0 Å². The van der Waals surface area contributed by atoms with Crippen LogP contribution in [0, 0.1) is 0 Å². The summed E-state index contributed by atoms with van der Waals surface area (Å²) in [7, 11) is 3.80. The highest BCUT2D eigenvalue weighted by atomic mass is 16.5. The van der Waals surface area contributed by atoms with Crippen molar-refractivity contribution < 1.29 is 4.74 Å². The number of H-pyrrole nitrogens is 1. The van der Waals surface area contributed by atoms with Crippen molar-refractivity contribution in [2.24, 2.45) is 7.05 Å². The van der Waals surface area contributed by atoms with Crippen LogP contribution in [-0.4, -0.2) is 44.2 Å². The molecule has 0 amide bonds. The first kappa shape index (κ1) is 14.4. The highest BCUT2D eigenvalue weighted by Gasteiger charge is 2.34. The molecule has 120 valence electrons. The van der Waals surface area contributed by atoms with Crippen LogP contribution in [0.25, 0.3) is 11.0 Å². The molecule has 1 saturated heterocycles. The average Bonchev–Trinajstić information content (AvgIpc) is 3.27. The number of nitrogens with one attached hydrogen (secondary N) is 1. The molecule has 3 aromatic rings. The van der Waals surface area contributed by atoms with Gasteiger partial charge in [0.1, 0.15) is 5.82 Å². The number of benzene rings is 1. The largest absolute Gasteiger partial charge is 0.380 e. The number of aromatic amines is 1. The van der Waals surface area contributed by atoms with Gasteiger partial charge in [-0.05, 0) is 24.1 Å². The zero-order valence-electron chi connectivity index (χ0n) is 13.4. The Bertz CT molecular complexity index is 795. The minimum absolute atomic E-state index is 0.253. The Morgan fingerprint density at radius 3 is 3.04 bits per heavy atom. The minimum atomic E-state index is 0.253. The number of nitrogens with zero attached hydrogens (tertiary/aromatic N) is 4. The molecule has 0 spiro atoms. The fraction of sp³-hybridized carbons (Fsp3) is 0.412. The van der Waals surface area contributed by atoms with Crippen molar-refractivity contribution in [2.75, 3.05) is 13.7 Å². The van der Waals surface area contributed by atoms with Gasteiger partial charge in [-0.2, -0.15) is 0 Å². The van der Waals surface area contributed by atoms with E-state index in [9.17, 15) is 0 Å². The van der Waals surface area contributed by atoms with Gasteiger partial charge in [0, 0.05) is 39.6 Å². The summed E-state index contributed by atoms with van der Waals surface area (Å²) in [5, 5.41) is 0. The van der Waals surface area contributed by atoms with Crippen molar-refractivity contribution in [1.82, 2.24) is 24.4 Å². The van der Waals surface area contributed by atoms with Crippen LogP contribution in [0.4, 0.5) is 0 Å². The van der Waals surface area contributed by atoms with Crippen LogP contribution in [0.2, 0.25) is 0 Å². The highest BCUT2D eigenvalue weighted by Crippen LogP contribution is 2.33. The number of aryl methyl sites for hydroxylation is 1. The van der Waals surface area contributed by atoms with E-state index < -0.39 is 0 Å². The van der Waals surface area contributed by atoms with Crippen LogP contribution >= 0.6 is 0 Å². The van der Waals surface area contributed by atoms with Crippen LogP contribution in [0.5, 0.6) is 0 Å². The Morgan fingerprint density at radius 2 is 2.26 bits per heavy atom. The predicted octanol–water partition coefficient (Wildman–Crippen LogP) is 2.26. The molecule has 6 heteroatoms. The number of ether oxygens (including phenoxy) is 1. The number of rotatable bonds is 4. The fourth-order valence-corrected chi connectivity index (χ4v) is 3.47. The first-order chi connectivity index (χ1) is 11.2. The molecule has 0 aliphatic carbocycles. The molecular formula is C17H21N5O. The molecule has 1 fully saturated rings. The van der Waals surface area contributed by atoms with Crippen LogP contribution in [-0.2, 0) is 18.3 Å². The summed E-state index contributed by atoms with van der Waals surface area (Å²) in [5.41, 5.74) is 3.47. The molecule has 0 bridgehead atoms. The zero-order valence-corrected chi connectivity index (χ0v) is 13.4. The summed E-state index contributed by atoms with van der Waals surface area (Å²) in [5.74, 6) is 1.02. The van der Waals surface area contributed by atoms with Crippen molar-refractivity contribution in [3.05, 3.63) is 48.3 Å². The van der Waals surface area contributed by atoms with Gasteiger partial charge in [-0.15, -0.1) is 0 Å². The maximum absolute atomic E-state index is 5.58. The SMILES string of the molecule is CO[C@@H]1CC(c2ncc[nH]2)N(Cc2ccc3c(c2)ncn3C)C1. The second-order valence-corrected chi connectivity index (χ2v) is 6.19. The van der Waals surface area contributed by atoms with E-state index in [1.54, 1.807) is 7.11 Å². The summed E-state index contributed by atoms with van der Waals surface area (Å²) in [6, 6.07) is 6.77. The lowest BCUT2D eigenvalue weighted by Gasteiger charge is -2.22. The highest BCUT2D eigenvalue weighted by molar-refractivity contribution is 5.75. The van der Waals surface area contributed by atoms with Crippen molar-refractivity contribution >= 4 is 11.0 Å². The quantitative estimate of drug-likeness (QED) is 0.803. The van der Waals surface area contributed by atoms with Crippen LogP contribution in [0.1, 0.15) is 23.9 Å². The van der Waals surface area contributed by atoms with E-state index in [4.69, 9.17) is 4.74 Å². The Morgan fingerprint density at radius 1 is 1.35 bits per heavy atom. The van der Waals surface area contributed by atoms with Crippen molar-refractivity contribution in [3.63, 3.8) is 0 Å². The summed E-state index contributed by atoms with van der Waals surface area (Å²) < 4.78 is 7.63. The van der Waals surface area contributed by atoms with Gasteiger partial charge in [0.2, 0.25) is 0 Å².